The van der Waals surface area contributed by atoms with Crippen LogP contribution in [0.2, 0.25) is 0 Å². The number of nitrogens with zero attached hydrogens (tertiary/aromatic N) is 1. The second-order valence-electron chi connectivity index (χ2n) is 5.19. The number of aromatic amines is 1. The second kappa shape index (κ2) is 7.01. The van der Waals surface area contributed by atoms with Gasteiger partial charge in [-0.1, -0.05) is 0 Å². The van der Waals surface area contributed by atoms with Crippen LogP contribution in [0.3, 0.4) is 0 Å². The van der Waals surface area contributed by atoms with Crippen molar-refractivity contribution in [3.8, 4) is 0 Å². The van der Waals surface area contributed by atoms with Gasteiger partial charge in [0.15, 0.2) is 0 Å². The van der Waals surface area contributed by atoms with E-state index in [9.17, 15) is 24.5 Å². The van der Waals surface area contributed by atoms with E-state index in [1.54, 1.807) is 0 Å². The Hall–Kier alpha value is -2.07. The largest absolute Gasteiger partial charge is 0.394 e. The summed E-state index contributed by atoms with van der Waals surface area (Å²) in [5.74, 6) is -0.913. The summed E-state index contributed by atoms with van der Waals surface area (Å²) in [4.78, 5) is 18.2. The van der Waals surface area contributed by atoms with Gasteiger partial charge >= 0.3 is 0 Å². The molecule has 1 heterocycles. The molecule has 0 aliphatic carbocycles. The number of aliphatic hydroxyl groups is 4. The number of carbonyl (C=O) groups is 1. The monoisotopic (exact) mass is 327 g/mol. The first-order valence-electron chi connectivity index (χ1n) is 6.90. The molecule has 126 valence electrons. The third-order valence-electron chi connectivity index (χ3n) is 3.39. The highest BCUT2D eigenvalue weighted by atomic mass is 19.1. The first-order chi connectivity index (χ1) is 10.8. The van der Waals surface area contributed by atoms with Crippen LogP contribution in [0.5, 0.6) is 0 Å². The summed E-state index contributed by atoms with van der Waals surface area (Å²) >= 11 is 0. The molecule has 0 saturated heterocycles. The summed E-state index contributed by atoms with van der Waals surface area (Å²) in [6.07, 6.45) is -4.96. The molecule has 8 nitrogen and oxygen atoms in total. The molecule has 6 N–H and O–H groups in total. The van der Waals surface area contributed by atoms with E-state index in [2.05, 4.69) is 15.3 Å². The molecule has 23 heavy (non-hydrogen) atoms. The van der Waals surface area contributed by atoms with Gasteiger partial charge in [0.05, 0.1) is 17.6 Å². The van der Waals surface area contributed by atoms with Crippen LogP contribution in [-0.4, -0.2) is 61.2 Å². The maximum absolute atomic E-state index is 13.2. The molecular formula is C14H18FN3O5. The van der Waals surface area contributed by atoms with Gasteiger partial charge in [0.25, 0.3) is 0 Å². The number of hydrogen-bond acceptors (Lipinski definition) is 6. The van der Waals surface area contributed by atoms with Crippen molar-refractivity contribution >= 4 is 16.9 Å². The van der Waals surface area contributed by atoms with E-state index in [1.165, 1.54) is 25.1 Å². The number of aliphatic hydroxyl groups excluding tert-OH is 4. The number of hydrogen-bond donors (Lipinski definition) is 6. The van der Waals surface area contributed by atoms with E-state index < -0.39 is 42.7 Å². The molecule has 0 radical (unpaired) electrons. The lowest BCUT2D eigenvalue weighted by Crippen LogP contribution is -2.47. The third kappa shape index (κ3) is 3.82. The molecule has 0 spiro atoms. The number of fused-ring (bicyclic) bond motifs is 1. The maximum atomic E-state index is 13.2. The van der Waals surface area contributed by atoms with E-state index in [4.69, 9.17) is 5.11 Å². The number of halogens is 1. The fourth-order valence-electron chi connectivity index (χ4n) is 2.22. The number of aromatic nitrogens is 2. The standard InChI is InChI=1S/C14H18FN3O5/c1-6(20)16-11(13(23)12(22)10(21)5-19)14-17-8-3-2-7(15)4-9(8)18-14/h2-4,10-13,19,21-23H,5H2,1H3,(H,16,20)(H,17,18)/t10?,11?,12-,13?/m1/s1. The fraction of sp³-hybridized carbons (Fsp3) is 0.429. The van der Waals surface area contributed by atoms with Crippen LogP contribution in [0.1, 0.15) is 18.8 Å². The van der Waals surface area contributed by atoms with Crippen LogP contribution in [0.25, 0.3) is 11.0 Å². The fourth-order valence-corrected chi connectivity index (χ4v) is 2.22. The minimum atomic E-state index is -1.72. The minimum absolute atomic E-state index is 0.0810. The summed E-state index contributed by atoms with van der Waals surface area (Å²) in [5, 5.41) is 40.7. The van der Waals surface area contributed by atoms with Gasteiger partial charge in [-0.2, -0.15) is 0 Å². The van der Waals surface area contributed by atoms with E-state index in [-0.39, 0.29) is 5.82 Å². The average Bonchev–Trinajstić information content (AvgIpc) is 2.92. The summed E-state index contributed by atoms with van der Waals surface area (Å²) < 4.78 is 13.2. The first kappa shape index (κ1) is 17.3. The van der Waals surface area contributed by atoms with Crippen molar-refractivity contribution in [3.63, 3.8) is 0 Å². The lowest BCUT2D eigenvalue weighted by molar-refractivity contribution is -0.123. The smallest absolute Gasteiger partial charge is 0.217 e. The van der Waals surface area contributed by atoms with E-state index in [1.807, 2.05) is 0 Å². The molecule has 4 atom stereocenters. The molecule has 1 aromatic carbocycles. The van der Waals surface area contributed by atoms with Gasteiger partial charge < -0.3 is 30.7 Å². The second-order valence-corrected chi connectivity index (χ2v) is 5.19. The number of imidazole rings is 1. The molecule has 1 amide bonds. The molecule has 0 saturated carbocycles. The van der Waals surface area contributed by atoms with Crippen LogP contribution in [0, 0.1) is 5.82 Å². The van der Waals surface area contributed by atoms with Crippen molar-refractivity contribution in [1.82, 2.24) is 15.3 Å². The van der Waals surface area contributed by atoms with Crippen LogP contribution in [-0.2, 0) is 4.79 Å². The molecule has 2 aromatic rings. The molecule has 0 bridgehead atoms. The van der Waals surface area contributed by atoms with E-state index in [0.717, 1.165) is 0 Å². The lowest BCUT2D eigenvalue weighted by Gasteiger charge is -2.28. The average molecular weight is 327 g/mol. The highest BCUT2D eigenvalue weighted by Gasteiger charge is 2.34. The van der Waals surface area contributed by atoms with Crippen molar-refractivity contribution < 1.29 is 29.6 Å². The van der Waals surface area contributed by atoms with Crippen molar-refractivity contribution in [2.24, 2.45) is 0 Å². The van der Waals surface area contributed by atoms with Gasteiger partial charge in [-0.3, -0.25) is 4.79 Å². The lowest BCUT2D eigenvalue weighted by atomic mass is 10.0. The predicted octanol–water partition coefficient (Wildman–Crippen LogP) is -1.05. The molecule has 2 rings (SSSR count). The summed E-state index contributed by atoms with van der Waals surface area (Å²) in [6.45, 7) is 0.438. The molecule has 9 heteroatoms. The zero-order valence-electron chi connectivity index (χ0n) is 12.3. The van der Waals surface area contributed by atoms with Gasteiger partial charge in [-0.25, -0.2) is 9.37 Å². The van der Waals surface area contributed by atoms with Gasteiger partial charge in [0, 0.05) is 6.92 Å². The van der Waals surface area contributed by atoms with Crippen molar-refractivity contribution in [2.75, 3.05) is 6.61 Å². The molecule has 0 aliphatic rings. The summed E-state index contributed by atoms with van der Waals surface area (Å²) in [6, 6.07) is 2.64. The van der Waals surface area contributed by atoms with Crippen molar-refractivity contribution in [3.05, 3.63) is 29.8 Å². The Morgan fingerprint density at radius 2 is 2.04 bits per heavy atom. The minimum Gasteiger partial charge on any atom is -0.394 e. The highest BCUT2D eigenvalue weighted by Crippen LogP contribution is 2.22. The van der Waals surface area contributed by atoms with Crippen LogP contribution in [0.15, 0.2) is 18.2 Å². The Balaban J connectivity index is 2.37. The van der Waals surface area contributed by atoms with E-state index in [0.29, 0.717) is 11.0 Å². The van der Waals surface area contributed by atoms with Gasteiger partial charge in [-0.15, -0.1) is 0 Å². The molecule has 0 aliphatic heterocycles. The number of carbonyl (C=O) groups excluding carboxylic acids is 1. The molecular weight excluding hydrogens is 309 g/mol. The first-order valence-corrected chi connectivity index (χ1v) is 6.90. The SMILES string of the molecule is CC(=O)NC(c1nc2ccc(F)cc2[nH]1)C(O)[C@H](O)C(O)CO. The number of benzene rings is 1. The Bertz CT molecular complexity index is 692. The molecule has 0 fully saturated rings. The topological polar surface area (TPSA) is 139 Å². The maximum Gasteiger partial charge on any atom is 0.217 e. The summed E-state index contributed by atoms with van der Waals surface area (Å²) in [7, 11) is 0. The zero-order valence-corrected chi connectivity index (χ0v) is 12.3. The van der Waals surface area contributed by atoms with E-state index >= 15 is 0 Å². The number of H-pyrrole nitrogens is 1. The van der Waals surface area contributed by atoms with Gasteiger partial charge in [0.2, 0.25) is 5.91 Å². The van der Waals surface area contributed by atoms with Crippen LogP contribution < -0.4 is 5.32 Å². The number of amides is 1. The normalized spacial score (nSPS) is 16.8. The zero-order chi connectivity index (χ0) is 17.1. The van der Waals surface area contributed by atoms with Crippen molar-refractivity contribution in [1.29, 1.82) is 0 Å². The number of nitrogens with one attached hydrogen (secondary N) is 2. The van der Waals surface area contributed by atoms with Crippen LogP contribution in [0.4, 0.5) is 4.39 Å². The Labute approximate surface area is 130 Å². The van der Waals surface area contributed by atoms with Gasteiger partial charge in [-0.05, 0) is 18.2 Å². The molecule has 1 aromatic heterocycles. The molecule has 3 unspecified atom stereocenters. The predicted molar refractivity (Wildman–Crippen MR) is 77.7 cm³/mol. The Kier molecular flexibility index (Phi) is 5.26. The Morgan fingerprint density at radius 1 is 1.35 bits per heavy atom. The number of rotatable bonds is 6. The highest BCUT2D eigenvalue weighted by molar-refractivity contribution is 5.76. The van der Waals surface area contributed by atoms with Crippen molar-refractivity contribution in [2.45, 2.75) is 31.3 Å². The summed E-state index contributed by atoms with van der Waals surface area (Å²) in [5.41, 5.74) is 0.751. The van der Waals surface area contributed by atoms with Gasteiger partial charge in [0.1, 0.15) is 36.0 Å². The Morgan fingerprint density at radius 3 is 2.65 bits per heavy atom. The van der Waals surface area contributed by atoms with Crippen LogP contribution >= 0.6 is 0 Å². The quantitative estimate of drug-likeness (QED) is 0.400. The third-order valence-corrected chi connectivity index (χ3v) is 3.39.